The summed E-state index contributed by atoms with van der Waals surface area (Å²) in [5, 5.41) is 3.19. The number of nitrogens with two attached hydrogens (primary N) is 1. The van der Waals surface area contributed by atoms with E-state index in [1.807, 2.05) is 32.0 Å². The van der Waals surface area contributed by atoms with E-state index in [-0.39, 0.29) is 5.75 Å². The molecule has 3 nitrogen and oxygen atoms in total. The van der Waals surface area contributed by atoms with Crippen molar-refractivity contribution in [2.45, 2.75) is 20.8 Å². The maximum atomic E-state index is 13.6. The molecule has 0 aromatic heterocycles. The van der Waals surface area contributed by atoms with Crippen LogP contribution >= 0.6 is 0 Å². The van der Waals surface area contributed by atoms with Crippen molar-refractivity contribution < 1.29 is 9.13 Å². The SMILES string of the molecule is CCOc1cc(Nc2ccc(C)c(C)c2)c(N)cc1F. The van der Waals surface area contributed by atoms with Gasteiger partial charge in [-0.2, -0.15) is 0 Å². The van der Waals surface area contributed by atoms with Crippen LogP contribution in [0.5, 0.6) is 5.75 Å². The molecule has 3 N–H and O–H groups in total. The summed E-state index contributed by atoms with van der Waals surface area (Å²) in [6, 6.07) is 8.88. The van der Waals surface area contributed by atoms with E-state index in [0.717, 1.165) is 5.69 Å². The van der Waals surface area contributed by atoms with Gasteiger partial charge in [0.25, 0.3) is 0 Å². The molecule has 0 heterocycles. The summed E-state index contributed by atoms with van der Waals surface area (Å²) in [5.41, 5.74) is 10.1. The van der Waals surface area contributed by atoms with Crippen molar-refractivity contribution in [3.05, 3.63) is 47.3 Å². The highest BCUT2D eigenvalue weighted by Gasteiger charge is 2.09. The highest BCUT2D eigenvalue weighted by atomic mass is 19.1. The highest BCUT2D eigenvalue weighted by molar-refractivity contribution is 5.74. The summed E-state index contributed by atoms with van der Waals surface area (Å²) < 4.78 is 18.9. The maximum absolute atomic E-state index is 13.6. The first-order valence-corrected chi connectivity index (χ1v) is 6.57. The van der Waals surface area contributed by atoms with Crippen LogP contribution in [-0.2, 0) is 0 Å². The molecule has 0 aliphatic heterocycles. The second-order valence-electron chi connectivity index (χ2n) is 4.73. The van der Waals surface area contributed by atoms with Crippen LogP contribution in [0.15, 0.2) is 30.3 Å². The highest BCUT2D eigenvalue weighted by Crippen LogP contribution is 2.31. The van der Waals surface area contributed by atoms with Crippen molar-refractivity contribution in [2.75, 3.05) is 17.7 Å². The fraction of sp³-hybridized carbons (Fsp3) is 0.250. The molecule has 0 saturated carbocycles. The zero-order chi connectivity index (χ0) is 14.7. The molecule has 0 saturated heterocycles. The molecule has 2 aromatic carbocycles. The fourth-order valence-corrected chi connectivity index (χ4v) is 1.92. The van der Waals surface area contributed by atoms with Crippen LogP contribution in [0.4, 0.5) is 21.5 Å². The molecule has 0 bridgehead atoms. The predicted molar refractivity (Wildman–Crippen MR) is 81.2 cm³/mol. The van der Waals surface area contributed by atoms with Gasteiger partial charge in [0, 0.05) is 17.8 Å². The average molecular weight is 274 g/mol. The van der Waals surface area contributed by atoms with E-state index in [2.05, 4.69) is 12.2 Å². The molecule has 2 rings (SSSR count). The molecule has 2 aromatic rings. The number of nitrogens with one attached hydrogen (secondary N) is 1. The Labute approximate surface area is 118 Å². The van der Waals surface area contributed by atoms with Crippen molar-refractivity contribution in [1.82, 2.24) is 0 Å². The second-order valence-corrected chi connectivity index (χ2v) is 4.73. The van der Waals surface area contributed by atoms with Gasteiger partial charge in [-0.1, -0.05) is 6.07 Å². The first-order valence-electron chi connectivity index (χ1n) is 6.57. The molecular weight excluding hydrogens is 255 g/mol. The van der Waals surface area contributed by atoms with Crippen molar-refractivity contribution in [3.63, 3.8) is 0 Å². The molecular formula is C16H19FN2O. The zero-order valence-corrected chi connectivity index (χ0v) is 12.0. The third-order valence-electron chi connectivity index (χ3n) is 3.19. The van der Waals surface area contributed by atoms with Gasteiger partial charge in [-0.15, -0.1) is 0 Å². The topological polar surface area (TPSA) is 47.3 Å². The third-order valence-corrected chi connectivity index (χ3v) is 3.19. The first-order chi connectivity index (χ1) is 9.51. The smallest absolute Gasteiger partial charge is 0.167 e. The van der Waals surface area contributed by atoms with E-state index in [4.69, 9.17) is 10.5 Å². The van der Waals surface area contributed by atoms with Crippen LogP contribution in [0.3, 0.4) is 0 Å². The number of hydrogen-bond acceptors (Lipinski definition) is 3. The van der Waals surface area contributed by atoms with Crippen molar-refractivity contribution in [1.29, 1.82) is 0 Å². The molecule has 0 radical (unpaired) electrons. The third kappa shape index (κ3) is 3.02. The standard InChI is InChI=1S/C16H19FN2O/c1-4-20-16-9-15(14(18)8-13(16)17)19-12-6-5-10(2)11(3)7-12/h5-9,19H,4,18H2,1-3H3. The minimum atomic E-state index is -0.449. The lowest BCUT2D eigenvalue weighted by atomic mass is 10.1. The van der Waals surface area contributed by atoms with Crippen LogP contribution in [0.25, 0.3) is 0 Å². The molecule has 20 heavy (non-hydrogen) atoms. The van der Waals surface area contributed by atoms with E-state index in [0.29, 0.717) is 18.0 Å². The van der Waals surface area contributed by atoms with Gasteiger partial charge in [-0.05, 0) is 44.0 Å². The summed E-state index contributed by atoms with van der Waals surface area (Å²) in [4.78, 5) is 0. The lowest BCUT2D eigenvalue weighted by Crippen LogP contribution is -2.01. The quantitative estimate of drug-likeness (QED) is 0.823. The zero-order valence-electron chi connectivity index (χ0n) is 12.0. The molecule has 0 aliphatic rings. The van der Waals surface area contributed by atoms with E-state index < -0.39 is 5.82 Å². The van der Waals surface area contributed by atoms with E-state index >= 15 is 0 Å². The Kier molecular flexibility index (Phi) is 4.13. The first kappa shape index (κ1) is 14.2. The Morgan fingerprint density at radius 2 is 1.90 bits per heavy atom. The van der Waals surface area contributed by atoms with Gasteiger partial charge in [0.2, 0.25) is 0 Å². The Morgan fingerprint density at radius 3 is 2.55 bits per heavy atom. The Balaban J connectivity index is 2.32. The van der Waals surface area contributed by atoms with Gasteiger partial charge >= 0.3 is 0 Å². The number of halogens is 1. The molecule has 0 spiro atoms. The molecule has 0 amide bonds. The largest absolute Gasteiger partial charge is 0.491 e. The normalized spacial score (nSPS) is 10.4. The van der Waals surface area contributed by atoms with Gasteiger partial charge in [0.05, 0.1) is 18.0 Å². The maximum Gasteiger partial charge on any atom is 0.167 e. The number of benzene rings is 2. The lowest BCUT2D eigenvalue weighted by molar-refractivity contribution is 0.322. The summed E-state index contributed by atoms with van der Waals surface area (Å²) in [6.07, 6.45) is 0. The summed E-state index contributed by atoms with van der Waals surface area (Å²) in [5.74, 6) is -0.247. The van der Waals surface area contributed by atoms with Crippen LogP contribution in [0.2, 0.25) is 0 Å². The predicted octanol–water partition coefficient (Wildman–Crippen LogP) is 4.17. The number of hydrogen-bond donors (Lipinski definition) is 2. The minimum absolute atomic E-state index is 0.202. The van der Waals surface area contributed by atoms with E-state index in [9.17, 15) is 4.39 Å². The van der Waals surface area contributed by atoms with Gasteiger partial charge in [-0.25, -0.2) is 4.39 Å². The summed E-state index contributed by atoms with van der Waals surface area (Å²) >= 11 is 0. The molecule has 4 heteroatoms. The van der Waals surface area contributed by atoms with E-state index in [1.54, 1.807) is 6.07 Å². The van der Waals surface area contributed by atoms with E-state index in [1.165, 1.54) is 17.2 Å². The molecule has 0 unspecified atom stereocenters. The van der Waals surface area contributed by atoms with Gasteiger partial charge < -0.3 is 15.8 Å². The Hall–Kier alpha value is -2.23. The number of aryl methyl sites for hydroxylation is 2. The van der Waals surface area contributed by atoms with Crippen LogP contribution in [0, 0.1) is 19.7 Å². The van der Waals surface area contributed by atoms with Gasteiger partial charge in [0.15, 0.2) is 11.6 Å². The summed E-state index contributed by atoms with van der Waals surface area (Å²) in [6.45, 7) is 6.31. The fourth-order valence-electron chi connectivity index (χ4n) is 1.92. The van der Waals surface area contributed by atoms with Crippen molar-refractivity contribution in [2.24, 2.45) is 0 Å². The second kappa shape index (κ2) is 5.82. The van der Waals surface area contributed by atoms with Crippen LogP contribution in [-0.4, -0.2) is 6.61 Å². The number of nitrogen functional groups attached to an aromatic ring is 1. The number of ether oxygens (including phenoxy) is 1. The van der Waals surface area contributed by atoms with Crippen LogP contribution < -0.4 is 15.8 Å². The Morgan fingerprint density at radius 1 is 1.15 bits per heavy atom. The summed E-state index contributed by atoms with van der Waals surface area (Å²) in [7, 11) is 0. The van der Waals surface area contributed by atoms with Gasteiger partial charge in [0.1, 0.15) is 0 Å². The molecule has 0 aliphatic carbocycles. The molecule has 0 atom stereocenters. The minimum Gasteiger partial charge on any atom is -0.491 e. The van der Waals surface area contributed by atoms with Crippen molar-refractivity contribution in [3.8, 4) is 5.75 Å². The lowest BCUT2D eigenvalue weighted by Gasteiger charge is -2.13. The molecule has 0 fully saturated rings. The monoisotopic (exact) mass is 274 g/mol. The van der Waals surface area contributed by atoms with Crippen LogP contribution in [0.1, 0.15) is 18.1 Å². The number of anilines is 3. The average Bonchev–Trinajstić information content (AvgIpc) is 2.39. The van der Waals surface area contributed by atoms with Crippen molar-refractivity contribution >= 4 is 17.1 Å². The number of rotatable bonds is 4. The molecule has 106 valence electrons. The van der Waals surface area contributed by atoms with Gasteiger partial charge in [-0.3, -0.25) is 0 Å². The Bertz CT molecular complexity index is 626.